The Balaban J connectivity index is 1.48. The number of carbonyl (C=O) groups is 2. The molecule has 0 bridgehead atoms. The molecule has 1 atom stereocenters. The maximum absolute atomic E-state index is 13.2. The fraction of sp³-hybridized carbons (Fsp3) is 0.167. The molecule has 1 aromatic heterocycles. The smallest absolute Gasteiger partial charge is 0.247 e. The van der Waals surface area contributed by atoms with Crippen LogP contribution in [0, 0.1) is 13.8 Å². The molecule has 2 heterocycles. The van der Waals surface area contributed by atoms with Crippen LogP contribution in [0.25, 0.3) is 21.7 Å². The van der Waals surface area contributed by atoms with Gasteiger partial charge in [0.1, 0.15) is 5.25 Å². The maximum atomic E-state index is 13.2. The lowest BCUT2D eigenvalue weighted by Gasteiger charge is -2.17. The molecule has 4 aromatic rings. The van der Waals surface area contributed by atoms with E-state index in [2.05, 4.69) is 9.97 Å². The quantitative estimate of drug-likeness (QED) is 0.356. The van der Waals surface area contributed by atoms with E-state index < -0.39 is 5.25 Å². The molecule has 1 aliphatic rings. The van der Waals surface area contributed by atoms with E-state index in [4.69, 9.17) is 0 Å². The number of amides is 2. The zero-order valence-electron chi connectivity index (χ0n) is 16.6. The number of hydrogen-bond acceptors (Lipinski definition) is 5. The predicted molar refractivity (Wildman–Crippen MR) is 120 cm³/mol. The van der Waals surface area contributed by atoms with Crippen molar-refractivity contribution in [1.82, 2.24) is 9.97 Å². The van der Waals surface area contributed by atoms with Crippen LogP contribution in [-0.4, -0.2) is 27.0 Å². The Kier molecular flexibility index (Phi) is 4.51. The molecule has 0 radical (unpaired) electrons. The Labute approximate surface area is 178 Å². The third kappa shape index (κ3) is 3.13. The van der Waals surface area contributed by atoms with Gasteiger partial charge in [-0.2, -0.15) is 0 Å². The molecule has 148 valence electrons. The first-order chi connectivity index (χ1) is 14.5. The van der Waals surface area contributed by atoms with Crippen molar-refractivity contribution in [2.75, 3.05) is 4.90 Å². The lowest BCUT2D eigenvalue weighted by Crippen LogP contribution is -2.31. The number of benzene rings is 3. The van der Waals surface area contributed by atoms with Crippen LogP contribution in [0.2, 0.25) is 0 Å². The first kappa shape index (κ1) is 18.8. The first-order valence-corrected chi connectivity index (χ1v) is 10.7. The van der Waals surface area contributed by atoms with Crippen LogP contribution in [0.3, 0.4) is 0 Å². The Hall–Kier alpha value is -3.25. The van der Waals surface area contributed by atoms with Crippen LogP contribution in [-0.2, 0) is 9.59 Å². The molecule has 1 fully saturated rings. The maximum Gasteiger partial charge on any atom is 0.247 e. The van der Waals surface area contributed by atoms with E-state index in [9.17, 15) is 9.59 Å². The minimum atomic E-state index is -0.530. The van der Waals surface area contributed by atoms with Gasteiger partial charge in [0, 0.05) is 22.9 Å². The van der Waals surface area contributed by atoms with Gasteiger partial charge in [0.25, 0.3) is 0 Å². The van der Waals surface area contributed by atoms with Gasteiger partial charge in [-0.05, 0) is 36.9 Å². The number of aromatic nitrogens is 2. The molecule has 6 heteroatoms. The summed E-state index contributed by atoms with van der Waals surface area (Å²) in [5, 5.41) is 2.88. The number of aryl methyl sites for hydroxylation is 2. The molecular weight excluding hydrogens is 394 g/mol. The van der Waals surface area contributed by atoms with E-state index in [1.54, 1.807) is 0 Å². The second kappa shape index (κ2) is 7.22. The SMILES string of the molecule is Cc1ccc2c(C)nc(S[C@H]3CC(=O)N(c4cccc5ccccc45)C3=O)nc2c1. The first-order valence-electron chi connectivity index (χ1n) is 9.77. The molecule has 0 unspecified atom stereocenters. The van der Waals surface area contributed by atoms with Crippen LogP contribution in [0.1, 0.15) is 17.7 Å². The van der Waals surface area contributed by atoms with Gasteiger partial charge in [-0.1, -0.05) is 60.3 Å². The summed E-state index contributed by atoms with van der Waals surface area (Å²) in [4.78, 5) is 36.5. The van der Waals surface area contributed by atoms with Crippen molar-refractivity contribution in [1.29, 1.82) is 0 Å². The lowest BCUT2D eigenvalue weighted by molar-refractivity contribution is -0.121. The molecule has 0 spiro atoms. The number of nitrogens with zero attached hydrogens (tertiary/aromatic N) is 3. The molecule has 0 N–H and O–H groups in total. The second-order valence-corrected chi connectivity index (χ2v) is 8.66. The summed E-state index contributed by atoms with van der Waals surface area (Å²) >= 11 is 1.27. The third-order valence-electron chi connectivity index (χ3n) is 5.38. The number of carbonyl (C=O) groups excluding carboxylic acids is 2. The van der Waals surface area contributed by atoms with Gasteiger partial charge in [0.2, 0.25) is 11.8 Å². The number of imide groups is 1. The van der Waals surface area contributed by atoms with E-state index >= 15 is 0 Å². The number of hydrogen-bond donors (Lipinski definition) is 0. The molecule has 5 rings (SSSR count). The summed E-state index contributed by atoms with van der Waals surface area (Å²) in [6.45, 7) is 3.96. The van der Waals surface area contributed by atoms with Crippen molar-refractivity contribution in [3.05, 3.63) is 71.9 Å². The average Bonchev–Trinajstić information content (AvgIpc) is 3.00. The fourth-order valence-electron chi connectivity index (χ4n) is 3.90. The molecule has 2 amide bonds. The largest absolute Gasteiger partial charge is 0.274 e. The Morgan fingerprint density at radius 2 is 1.73 bits per heavy atom. The van der Waals surface area contributed by atoms with E-state index in [-0.39, 0.29) is 18.2 Å². The van der Waals surface area contributed by atoms with Gasteiger partial charge >= 0.3 is 0 Å². The average molecular weight is 414 g/mol. The van der Waals surface area contributed by atoms with Crippen molar-refractivity contribution in [3.8, 4) is 0 Å². The van der Waals surface area contributed by atoms with Crippen molar-refractivity contribution in [3.63, 3.8) is 0 Å². The summed E-state index contributed by atoms with van der Waals surface area (Å²) < 4.78 is 0. The van der Waals surface area contributed by atoms with Gasteiger partial charge in [0.15, 0.2) is 5.16 Å². The minimum absolute atomic E-state index is 0.140. The highest BCUT2D eigenvalue weighted by molar-refractivity contribution is 8.00. The Morgan fingerprint density at radius 3 is 2.60 bits per heavy atom. The van der Waals surface area contributed by atoms with E-state index in [0.29, 0.717) is 10.8 Å². The van der Waals surface area contributed by atoms with Crippen LogP contribution in [0.15, 0.2) is 65.8 Å². The van der Waals surface area contributed by atoms with Gasteiger partial charge in [-0.25, -0.2) is 14.9 Å². The van der Waals surface area contributed by atoms with Crippen molar-refractivity contribution in [2.45, 2.75) is 30.7 Å². The van der Waals surface area contributed by atoms with Gasteiger partial charge in [-0.3, -0.25) is 9.59 Å². The fourth-order valence-corrected chi connectivity index (χ4v) is 4.93. The zero-order chi connectivity index (χ0) is 20.8. The molecular formula is C24H19N3O2S. The van der Waals surface area contributed by atoms with Crippen LogP contribution in [0.4, 0.5) is 5.69 Å². The van der Waals surface area contributed by atoms with Gasteiger partial charge < -0.3 is 0 Å². The molecule has 30 heavy (non-hydrogen) atoms. The molecule has 1 saturated heterocycles. The molecule has 0 saturated carbocycles. The van der Waals surface area contributed by atoms with Crippen molar-refractivity contribution >= 4 is 50.9 Å². The monoisotopic (exact) mass is 413 g/mol. The number of rotatable bonds is 3. The zero-order valence-corrected chi connectivity index (χ0v) is 17.4. The Bertz CT molecular complexity index is 1330. The lowest BCUT2D eigenvalue weighted by atomic mass is 10.1. The van der Waals surface area contributed by atoms with E-state index in [1.807, 2.05) is 74.5 Å². The topological polar surface area (TPSA) is 63.2 Å². The normalized spacial score (nSPS) is 16.7. The van der Waals surface area contributed by atoms with Crippen LogP contribution < -0.4 is 4.90 Å². The highest BCUT2D eigenvalue weighted by atomic mass is 32.2. The summed E-state index contributed by atoms with van der Waals surface area (Å²) in [6.07, 6.45) is 0.140. The van der Waals surface area contributed by atoms with Gasteiger partial charge in [0.05, 0.1) is 11.2 Å². The van der Waals surface area contributed by atoms with Crippen molar-refractivity contribution in [2.24, 2.45) is 0 Å². The molecule has 3 aromatic carbocycles. The highest BCUT2D eigenvalue weighted by Gasteiger charge is 2.41. The van der Waals surface area contributed by atoms with E-state index in [0.717, 1.165) is 32.9 Å². The van der Waals surface area contributed by atoms with Crippen LogP contribution in [0.5, 0.6) is 0 Å². The third-order valence-corrected chi connectivity index (χ3v) is 6.43. The molecule has 5 nitrogen and oxygen atoms in total. The number of anilines is 1. The van der Waals surface area contributed by atoms with Crippen LogP contribution >= 0.6 is 11.8 Å². The summed E-state index contributed by atoms with van der Waals surface area (Å²) in [7, 11) is 0. The standard InChI is InChI=1S/C24H19N3O2S/c1-14-10-11-17-15(2)25-24(26-19(17)12-14)30-21-13-22(28)27(23(21)29)20-9-5-7-16-6-3-4-8-18(16)20/h3-12,21H,13H2,1-2H3/t21-/m0/s1. The Morgan fingerprint density at radius 1 is 0.933 bits per heavy atom. The minimum Gasteiger partial charge on any atom is -0.274 e. The summed E-state index contributed by atoms with van der Waals surface area (Å²) in [5.74, 6) is -0.408. The summed E-state index contributed by atoms with van der Waals surface area (Å²) in [6, 6.07) is 19.5. The van der Waals surface area contributed by atoms with Crippen molar-refractivity contribution < 1.29 is 9.59 Å². The molecule has 0 aliphatic carbocycles. The molecule has 1 aliphatic heterocycles. The number of fused-ring (bicyclic) bond motifs is 2. The number of thioether (sulfide) groups is 1. The van der Waals surface area contributed by atoms with Gasteiger partial charge in [-0.15, -0.1) is 0 Å². The second-order valence-electron chi connectivity index (χ2n) is 7.49. The predicted octanol–water partition coefficient (Wildman–Crippen LogP) is 4.82. The highest BCUT2D eigenvalue weighted by Crippen LogP contribution is 2.36. The van der Waals surface area contributed by atoms with E-state index in [1.165, 1.54) is 16.7 Å². The summed E-state index contributed by atoms with van der Waals surface area (Å²) in [5.41, 5.74) is 3.47.